The Labute approximate surface area is 105 Å². The Hall–Kier alpha value is -1.02. The molecule has 1 heterocycles. The average molecular weight is 232 g/mol. The van der Waals surface area contributed by atoms with E-state index in [9.17, 15) is 0 Å². The van der Waals surface area contributed by atoms with Crippen molar-refractivity contribution < 1.29 is 0 Å². The summed E-state index contributed by atoms with van der Waals surface area (Å²) in [5.41, 5.74) is 4.46. The van der Waals surface area contributed by atoms with Crippen LogP contribution >= 0.6 is 0 Å². The minimum absolute atomic E-state index is 0.587. The SMILES string of the molecule is CC(C)c1cccc(N2CCNC2)c1C(C)C. The summed E-state index contributed by atoms with van der Waals surface area (Å²) in [5.74, 6) is 1.19. The Balaban J connectivity index is 2.46. The quantitative estimate of drug-likeness (QED) is 0.860. The molecule has 0 saturated carbocycles. The molecule has 2 rings (SSSR count). The standard InChI is InChI=1S/C15H24N2/c1-11(2)13-6-5-7-14(15(13)12(3)4)17-9-8-16-10-17/h5-7,11-12,16H,8-10H2,1-4H3. The van der Waals surface area contributed by atoms with Gasteiger partial charge in [0.05, 0.1) is 6.67 Å². The number of hydrogen-bond donors (Lipinski definition) is 1. The van der Waals surface area contributed by atoms with Crippen LogP contribution in [0.2, 0.25) is 0 Å². The molecule has 17 heavy (non-hydrogen) atoms. The maximum Gasteiger partial charge on any atom is 0.0683 e. The number of nitrogens with one attached hydrogen (secondary N) is 1. The molecule has 1 fully saturated rings. The van der Waals surface area contributed by atoms with Gasteiger partial charge >= 0.3 is 0 Å². The number of benzene rings is 1. The monoisotopic (exact) mass is 232 g/mol. The zero-order chi connectivity index (χ0) is 12.4. The predicted molar refractivity (Wildman–Crippen MR) is 74.8 cm³/mol. The van der Waals surface area contributed by atoms with Gasteiger partial charge in [-0.3, -0.25) is 5.32 Å². The molecule has 1 aliphatic heterocycles. The highest BCUT2D eigenvalue weighted by Crippen LogP contribution is 2.34. The lowest BCUT2D eigenvalue weighted by Gasteiger charge is -2.26. The van der Waals surface area contributed by atoms with E-state index >= 15 is 0 Å². The second-order valence-corrected chi connectivity index (χ2v) is 5.51. The Kier molecular flexibility index (Phi) is 3.72. The first kappa shape index (κ1) is 12.4. The molecule has 2 heteroatoms. The molecule has 0 unspecified atom stereocenters. The fourth-order valence-corrected chi connectivity index (χ4v) is 2.69. The van der Waals surface area contributed by atoms with E-state index in [1.807, 2.05) is 0 Å². The van der Waals surface area contributed by atoms with Gasteiger partial charge < -0.3 is 4.90 Å². The van der Waals surface area contributed by atoms with Crippen molar-refractivity contribution in [3.8, 4) is 0 Å². The van der Waals surface area contributed by atoms with Gasteiger partial charge in [-0.25, -0.2) is 0 Å². The van der Waals surface area contributed by atoms with Crippen LogP contribution in [0, 0.1) is 0 Å². The maximum atomic E-state index is 3.41. The van der Waals surface area contributed by atoms with Gasteiger partial charge in [-0.1, -0.05) is 39.8 Å². The van der Waals surface area contributed by atoms with Gasteiger partial charge in [0.1, 0.15) is 0 Å². The van der Waals surface area contributed by atoms with Crippen molar-refractivity contribution in [1.29, 1.82) is 0 Å². The second-order valence-electron chi connectivity index (χ2n) is 5.51. The van der Waals surface area contributed by atoms with E-state index in [2.05, 4.69) is 56.1 Å². The zero-order valence-electron chi connectivity index (χ0n) is 11.5. The number of rotatable bonds is 3. The summed E-state index contributed by atoms with van der Waals surface area (Å²) in [5, 5.41) is 3.41. The van der Waals surface area contributed by atoms with Crippen molar-refractivity contribution in [3.63, 3.8) is 0 Å². The highest BCUT2D eigenvalue weighted by Gasteiger charge is 2.20. The van der Waals surface area contributed by atoms with E-state index in [1.54, 1.807) is 0 Å². The molecule has 1 aromatic rings. The van der Waals surface area contributed by atoms with Crippen LogP contribution in [-0.4, -0.2) is 19.8 Å². The minimum Gasteiger partial charge on any atom is -0.357 e. The number of anilines is 1. The van der Waals surface area contributed by atoms with E-state index in [1.165, 1.54) is 16.8 Å². The molecule has 1 aromatic carbocycles. The summed E-state index contributed by atoms with van der Waals surface area (Å²) >= 11 is 0. The third kappa shape index (κ3) is 2.47. The van der Waals surface area contributed by atoms with E-state index < -0.39 is 0 Å². The van der Waals surface area contributed by atoms with Crippen LogP contribution in [0.1, 0.15) is 50.7 Å². The lowest BCUT2D eigenvalue weighted by molar-refractivity contribution is 0.778. The van der Waals surface area contributed by atoms with E-state index in [0.29, 0.717) is 11.8 Å². The van der Waals surface area contributed by atoms with Crippen molar-refractivity contribution in [2.45, 2.75) is 39.5 Å². The molecule has 0 aliphatic carbocycles. The molecule has 0 radical (unpaired) electrons. The Morgan fingerprint density at radius 3 is 2.41 bits per heavy atom. The van der Waals surface area contributed by atoms with Gasteiger partial charge in [-0.15, -0.1) is 0 Å². The Bertz CT molecular complexity index is 377. The molecular weight excluding hydrogens is 208 g/mol. The molecule has 1 saturated heterocycles. The van der Waals surface area contributed by atoms with Crippen LogP contribution in [0.15, 0.2) is 18.2 Å². The molecule has 2 nitrogen and oxygen atoms in total. The number of hydrogen-bond acceptors (Lipinski definition) is 2. The fourth-order valence-electron chi connectivity index (χ4n) is 2.69. The Morgan fingerprint density at radius 1 is 1.12 bits per heavy atom. The van der Waals surface area contributed by atoms with Gasteiger partial charge in [0.25, 0.3) is 0 Å². The molecule has 0 amide bonds. The molecule has 0 aromatic heterocycles. The van der Waals surface area contributed by atoms with Crippen molar-refractivity contribution in [3.05, 3.63) is 29.3 Å². The first-order valence-electron chi connectivity index (χ1n) is 6.69. The first-order chi connectivity index (χ1) is 8.11. The average Bonchev–Trinajstić information content (AvgIpc) is 2.81. The lowest BCUT2D eigenvalue weighted by atomic mass is 9.89. The molecule has 1 aliphatic rings. The molecular formula is C15H24N2. The van der Waals surface area contributed by atoms with Crippen molar-refractivity contribution >= 4 is 5.69 Å². The maximum absolute atomic E-state index is 3.41. The largest absolute Gasteiger partial charge is 0.357 e. The first-order valence-corrected chi connectivity index (χ1v) is 6.69. The highest BCUT2D eigenvalue weighted by molar-refractivity contribution is 5.59. The summed E-state index contributed by atoms with van der Waals surface area (Å²) < 4.78 is 0. The van der Waals surface area contributed by atoms with Crippen molar-refractivity contribution in [2.75, 3.05) is 24.7 Å². The lowest BCUT2D eigenvalue weighted by Crippen LogP contribution is -2.23. The normalized spacial score (nSPS) is 16.2. The zero-order valence-corrected chi connectivity index (χ0v) is 11.5. The highest BCUT2D eigenvalue weighted by atomic mass is 15.3. The van der Waals surface area contributed by atoms with E-state index in [0.717, 1.165) is 19.8 Å². The van der Waals surface area contributed by atoms with E-state index in [-0.39, 0.29) is 0 Å². The van der Waals surface area contributed by atoms with Crippen LogP contribution in [0.3, 0.4) is 0 Å². The fraction of sp³-hybridized carbons (Fsp3) is 0.600. The van der Waals surface area contributed by atoms with Gasteiger partial charge in [0, 0.05) is 18.8 Å². The van der Waals surface area contributed by atoms with Crippen molar-refractivity contribution in [2.24, 2.45) is 0 Å². The van der Waals surface area contributed by atoms with Crippen LogP contribution in [0.25, 0.3) is 0 Å². The topological polar surface area (TPSA) is 15.3 Å². The summed E-state index contributed by atoms with van der Waals surface area (Å²) in [6.07, 6.45) is 0. The van der Waals surface area contributed by atoms with Gasteiger partial charge in [-0.05, 0) is 29.0 Å². The smallest absolute Gasteiger partial charge is 0.0683 e. The van der Waals surface area contributed by atoms with Crippen molar-refractivity contribution in [1.82, 2.24) is 5.32 Å². The summed E-state index contributed by atoms with van der Waals surface area (Å²) in [6, 6.07) is 6.76. The van der Waals surface area contributed by atoms with Gasteiger partial charge in [0.15, 0.2) is 0 Å². The molecule has 0 spiro atoms. The molecule has 94 valence electrons. The summed E-state index contributed by atoms with van der Waals surface area (Å²) in [6.45, 7) is 12.4. The third-order valence-electron chi connectivity index (χ3n) is 3.52. The summed E-state index contributed by atoms with van der Waals surface area (Å²) in [7, 11) is 0. The van der Waals surface area contributed by atoms with Crippen LogP contribution < -0.4 is 10.2 Å². The minimum atomic E-state index is 0.587. The predicted octanol–water partition coefficient (Wildman–Crippen LogP) is 3.30. The molecule has 0 atom stereocenters. The van der Waals surface area contributed by atoms with Crippen LogP contribution in [0.4, 0.5) is 5.69 Å². The van der Waals surface area contributed by atoms with Gasteiger partial charge in [0.2, 0.25) is 0 Å². The van der Waals surface area contributed by atoms with Crippen LogP contribution in [0.5, 0.6) is 0 Å². The summed E-state index contributed by atoms with van der Waals surface area (Å²) in [4.78, 5) is 2.46. The third-order valence-corrected chi connectivity index (χ3v) is 3.52. The molecule has 1 N–H and O–H groups in total. The molecule has 0 bridgehead atoms. The second kappa shape index (κ2) is 5.09. The van der Waals surface area contributed by atoms with Gasteiger partial charge in [-0.2, -0.15) is 0 Å². The van der Waals surface area contributed by atoms with E-state index in [4.69, 9.17) is 0 Å². The Morgan fingerprint density at radius 2 is 1.88 bits per heavy atom. The van der Waals surface area contributed by atoms with Crippen LogP contribution in [-0.2, 0) is 0 Å². The number of nitrogens with zero attached hydrogens (tertiary/aromatic N) is 1.